The van der Waals surface area contributed by atoms with E-state index in [0.717, 1.165) is 12.8 Å². The zero-order chi connectivity index (χ0) is 28.4. The van der Waals surface area contributed by atoms with E-state index in [-0.39, 0.29) is 55.9 Å². The van der Waals surface area contributed by atoms with E-state index in [1.54, 1.807) is 49.3 Å². The van der Waals surface area contributed by atoms with Gasteiger partial charge in [0.2, 0.25) is 11.8 Å². The number of alkyl halides is 1. The van der Waals surface area contributed by atoms with Crippen LogP contribution in [0.5, 0.6) is 11.6 Å². The quantitative estimate of drug-likeness (QED) is 0.390. The van der Waals surface area contributed by atoms with Crippen molar-refractivity contribution in [1.82, 2.24) is 24.6 Å². The van der Waals surface area contributed by atoms with E-state index in [2.05, 4.69) is 15.1 Å². The summed E-state index contributed by atoms with van der Waals surface area (Å²) >= 11 is 0. The number of aromatic nitrogens is 4. The molecule has 1 saturated heterocycles. The summed E-state index contributed by atoms with van der Waals surface area (Å²) in [6, 6.07) is 5.07. The highest BCUT2D eigenvalue weighted by Gasteiger charge is 2.34. The normalized spacial score (nSPS) is 19.4. The fourth-order valence-corrected chi connectivity index (χ4v) is 4.49. The van der Waals surface area contributed by atoms with Gasteiger partial charge in [0.1, 0.15) is 17.4 Å². The van der Waals surface area contributed by atoms with Crippen molar-refractivity contribution in [2.45, 2.75) is 70.1 Å². The predicted molar refractivity (Wildman–Crippen MR) is 142 cm³/mol. The van der Waals surface area contributed by atoms with Crippen LogP contribution in [0.15, 0.2) is 43.0 Å². The molecule has 2 aliphatic rings. The van der Waals surface area contributed by atoms with Gasteiger partial charge in [-0.1, -0.05) is 0 Å². The molecule has 5 rings (SSSR count). The van der Waals surface area contributed by atoms with Crippen molar-refractivity contribution >= 4 is 11.8 Å². The largest absolute Gasteiger partial charge is 0.489 e. The first-order valence-corrected chi connectivity index (χ1v) is 13.3. The zero-order valence-electron chi connectivity index (χ0n) is 22.5. The fourth-order valence-electron chi connectivity index (χ4n) is 4.49. The summed E-state index contributed by atoms with van der Waals surface area (Å²) in [6.45, 7) is 3.77. The summed E-state index contributed by atoms with van der Waals surface area (Å²) in [5, 5.41) is 14.3. The van der Waals surface area contributed by atoms with Crippen LogP contribution in [0.2, 0.25) is 0 Å². The minimum Gasteiger partial charge on any atom is -0.489 e. The molecule has 3 aromatic heterocycles. The second-order valence-corrected chi connectivity index (χ2v) is 11.0. The van der Waals surface area contributed by atoms with E-state index in [1.807, 2.05) is 0 Å². The van der Waals surface area contributed by atoms with Gasteiger partial charge in [-0.2, -0.15) is 5.10 Å². The molecule has 3 aromatic rings. The highest BCUT2D eigenvalue weighted by molar-refractivity contribution is 5.96. The van der Waals surface area contributed by atoms with Gasteiger partial charge in [0.05, 0.1) is 43.6 Å². The van der Waals surface area contributed by atoms with Gasteiger partial charge >= 0.3 is 0 Å². The van der Waals surface area contributed by atoms with Crippen LogP contribution in [0.1, 0.15) is 49.2 Å². The number of piperidine rings is 1. The molecule has 2 atom stereocenters. The van der Waals surface area contributed by atoms with Crippen molar-refractivity contribution < 1.29 is 28.6 Å². The SMILES string of the molecule is CC(C)(O)Cn1cc(-c2cnc(OC3CCN(C(=O)Cc4ccc(OC5CC5)cn4)CC3F)c(C(N)=O)c2)cn1. The van der Waals surface area contributed by atoms with E-state index >= 15 is 4.39 Å². The third-order valence-electron chi connectivity index (χ3n) is 6.69. The number of aliphatic hydroxyl groups is 1. The Morgan fingerprint density at radius 1 is 1.12 bits per heavy atom. The van der Waals surface area contributed by atoms with Crippen LogP contribution in [-0.4, -0.2) is 78.6 Å². The Hall–Kier alpha value is -4.06. The minimum atomic E-state index is -1.48. The molecule has 212 valence electrons. The smallest absolute Gasteiger partial charge is 0.254 e. The van der Waals surface area contributed by atoms with Crippen molar-refractivity contribution in [3.63, 3.8) is 0 Å². The number of nitrogens with two attached hydrogens (primary N) is 1. The maximum atomic E-state index is 15.2. The molecule has 0 aromatic carbocycles. The number of ether oxygens (including phenoxy) is 2. The van der Waals surface area contributed by atoms with Crippen molar-refractivity contribution in [2.24, 2.45) is 5.73 Å². The second kappa shape index (κ2) is 11.2. The molecule has 0 radical (unpaired) electrons. The number of carbonyl (C=O) groups excluding carboxylic acids is 2. The van der Waals surface area contributed by atoms with Gasteiger partial charge in [-0.25, -0.2) is 9.37 Å². The topological polar surface area (TPSA) is 146 Å². The molecule has 0 bridgehead atoms. The monoisotopic (exact) mass is 552 g/mol. The van der Waals surface area contributed by atoms with Crippen LogP contribution in [0.3, 0.4) is 0 Å². The first-order valence-electron chi connectivity index (χ1n) is 13.3. The molecule has 40 heavy (non-hydrogen) atoms. The van der Waals surface area contributed by atoms with Gasteiger partial charge in [-0.15, -0.1) is 0 Å². The fraction of sp³-hybridized carbons (Fsp3) is 0.464. The first-order chi connectivity index (χ1) is 19.0. The van der Waals surface area contributed by atoms with Gasteiger partial charge in [0.15, 0.2) is 6.17 Å². The molecule has 12 heteroatoms. The highest BCUT2D eigenvalue weighted by Crippen LogP contribution is 2.28. The van der Waals surface area contributed by atoms with Crippen molar-refractivity contribution in [2.75, 3.05) is 13.1 Å². The standard InChI is InChI=1S/C28H33FN6O5/c1-28(2,38)16-35-14-18(12-33-35)17-9-22(26(30)37)27(32-11-17)40-24-7-8-34(15-23(24)29)25(36)10-19-3-4-21(13-31-19)39-20-5-6-20/h3-4,9,11-14,20,23-24,38H,5-8,10,15-16H2,1-2H3,(H2,30,37). The van der Waals surface area contributed by atoms with E-state index in [4.69, 9.17) is 15.2 Å². The number of primary amides is 1. The minimum absolute atomic E-state index is 0.0126. The van der Waals surface area contributed by atoms with Crippen LogP contribution in [0, 0.1) is 0 Å². The van der Waals surface area contributed by atoms with Crippen LogP contribution in [-0.2, 0) is 17.8 Å². The lowest BCUT2D eigenvalue weighted by Crippen LogP contribution is -2.49. The molecule has 0 spiro atoms. The molecule has 11 nitrogen and oxygen atoms in total. The average Bonchev–Trinajstić information content (AvgIpc) is 3.60. The number of carbonyl (C=O) groups is 2. The number of nitrogens with zero attached hydrogens (tertiary/aromatic N) is 5. The summed E-state index contributed by atoms with van der Waals surface area (Å²) < 4.78 is 28.2. The predicted octanol–water partition coefficient (Wildman–Crippen LogP) is 2.31. The molecular formula is C28H33FN6O5. The van der Waals surface area contributed by atoms with Crippen LogP contribution in [0.25, 0.3) is 11.1 Å². The average molecular weight is 553 g/mol. The molecule has 3 N–H and O–H groups in total. The Labute approximate surface area is 231 Å². The number of halogens is 1. The maximum absolute atomic E-state index is 15.2. The van der Waals surface area contributed by atoms with Gasteiger partial charge in [-0.05, 0) is 44.9 Å². The summed E-state index contributed by atoms with van der Waals surface area (Å²) in [4.78, 5) is 35.0. The Morgan fingerprint density at radius 3 is 2.58 bits per heavy atom. The molecular weight excluding hydrogens is 519 g/mol. The molecule has 1 saturated carbocycles. The lowest BCUT2D eigenvalue weighted by Gasteiger charge is -2.34. The van der Waals surface area contributed by atoms with Gasteiger partial charge in [0.25, 0.3) is 5.91 Å². The summed E-state index contributed by atoms with van der Waals surface area (Å²) in [7, 11) is 0. The second-order valence-electron chi connectivity index (χ2n) is 11.0. The third kappa shape index (κ3) is 6.92. The van der Waals surface area contributed by atoms with Gasteiger partial charge in [0, 0.05) is 42.2 Å². The first kappa shape index (κ1) is 27.5. The van der Waals surface area contributed by atoms with E-state index < -0.39 is 23.8 Å². The third-order valence-corrected chi connectivity index (χ3v) is 6.69. The number of hydrogen-bond acceptors (Lipinski definition) is 8. The molecule has 2 amide bonds. The molecule has 1 aliphatic heterocycles. The van der Waals surface area contributed by atoms with E-state index in [0.29, 0.717) is 22.6 Å². The Kier molecular flexibility index (Phi) is 7.70. The number of rotatable bonds is 10. The van der Waals surface area contributed by atoms with Crippen molar-refractivity contribution in [3.05, 3.63) is 54.2 Å². The van der Waals surface area contributed by atoms with E-state index in [9.17, 15) is 14.7 Å². The van der Waals surface area contributed by atoms with Gasteiger partial charge in [-0.3, -0.25) is 19.3 Å². The van der Waals surface area contributed by atoms with Crippen LogP contribution in [0.4, 0.5) is 4.39 Å². The van der Waals surface area contributed by atoms with Crippen molar-refractivity contribution in [1.29, 1.82) is 0 Å². The number of amides is 2. The molecule has 1 aliphatic carbocycles. The number of likely N-dealkylation sites (tertiary alicyclic amines) is 1. The van der Waals surface area contributed by atoms with E-state index in [1.165, 1.54) is 17.2 Å². The van der Waals surface area contributed by atoms with Crippen LogP contribution < -0.4 is 15.2 Å². The Balaban J connectivity index is 1.19. The molecule has 4 heterocycles. The molecule has 2 unspecified atom stereocenters. The molecule has 2 fully saturated rings. The number of hydrogen-bond donors (Lipinski definition) is 2. The summed E-state index contributed by atoms with van der Waals surface area (Å²) in [5.41, 5.74) is 6.47. The Morgan fingerprint density at radius 2 is 1.93 bits per heavy atom. The van der Waals surface area contributed by atoms with Gasteiger partial charge < -0.3 is 25.2 Å². The van der Waals surface area contributed by atoms with Crippen LogP contribution >= 0.6 is 0 Å². The summed E-state index contributed by atoms with van der Waals surface area (Å²) in [6.07, 6.45) is 6.67. The number of pyridine rings is 2. The highest BCUT2D eigenvalue weighted by atomic mass is 19.1. The summed E-state index contributed by atoms with van der Waals surface area (Å²) in [5.74, 6) is -0.379. The zero-order valence-corrected chi connectivity index (χ0v) is 22.5. The lowest BCUT2D eigenvalue weighted by molar-refractivity contribution is -0.134. The van der Waals surface area contributed by atoms with Crippen molar-refractivity contribution in [3.8, 4) is 22.8 Å². The maximum Gasteiger partial charge on any atom is 0.254 e. The Bertz CT molecular complexity index is 1370. The lowest BCUT2D eigenvalue weighted by atomic mass is 10.0.